The van der Waals surface area contributed by atoms with Crippen LogP contribution in [0.2, 0.25) is 0 Å². The largest absolute Gasteiger partial charge is 0.370 e. The van der Waals surface area contributed by atoms with Crippen LogP contribution in [0.4, 0.5) is 0 Å². The topological polar surface area (TPSA) is 143 Å². The van der Waals surface area contributed by atoms with Crippen molar-refractivity contribution >= 4 is 24.1 Å². The average molecular weight is 352 g/mol. The molecule has 9 nitrogen and oxygen atoms in total. The van der Waals surface area contributed by atoms with Gasteiger partial charge in [0, 0.05) is 13.1 Å². The van der Waals surface area contributed by atoms with Crippen LogP contribution in [0.5, 0.6) is 0 Å². The van der Waals surface area contributed by atoms with E-state index in [0.717, 1.165) is 25.8 Å². The fraction of sp³-hybridized carbons (Fsp3) is 0.750. The molecule has 2 fully saturated rings. The van der Waals surface area contributed by atoms with Gasteiger partial charge in [-0.05, 0) is 45.1 Å². The summed E-state index contributed by atoms with van der Waals surface area (Å²) in [6.07, 6.45) is 4.97. The van der Waals surface area contributed by atoms with Crippen LogP contribution in [-0.2, 0) is 14.4 Å². The summed E-state index contributed by atoms with van der Waals surface area (Å²) in [5.41, 5.74) is 10.5. The number of likely N-dealkylation sites (tertiary alicyclic amines) is 1. The first kappa shape index (κ1) is 19.2. The standard InChI is InChI=1S/C16H28N6O3/c17-16(18)20-8-1-4-11(10-23)21-14(24)13-6-3-9-22(13)15(25)12-5-2-7-19-12/h10-13,19H,1-9H2,(H,21,24)(H4,17,18,20)/t11-,12-,13-/m0/s1. The Kier molecular flexibility index (Phi) is 7.17. The highest BCUT2D eigenvalue weighted by molar-refractivity contribution is 5.91. The van der Waals surface area contributed by atoms with Crippen LogP contribution >= 0.6 is 0 Å². The SMILES string of the molecule is NC(N)=NCCC[C@@H](C=O)NC(=O)[C@@H]1CCCN1C(=O)[C@@H]1CCCN1. The maximum absolute atomic E-state index is 12.6. The molecule has 2 amide bonds. The molecule has 6 N–H and O–H groups in total. The highest BCUT2D eigenvalue weighted by atomic mass is 16.2. The number of nitrogens with one attached hydrogen (secondary N) is 2. The average Bonchev–Trinajstić information content (AvgIpc) is 3.28. The Balaban J connectivity index is 1.85. The van der Waals surface area contributed by atoms with Gasteiger partial charge in [-0.25, -0.2) is 0 Å². The van der Waals surface area contributed by atoms with Crippen LogP contribution in [-0.4, -0.2) is 66.7 Å². The van der Waals surface area contributed by atoms with Crippen LogP contribution in [0.15, 0.2) is 4.99 Å². The van der Waals surface area contributed by atoms with Crippen LogP contribution < -0.4 is 22.1 Å². The number of carbonyl (C=O) groups is 3. The first-order chi connectivity index (χ1) is 12.0. The van der Waals surface area contributed by atoms with Crippen molar-refractivity contribution in [2.75, 3.05) is 19.6 Å². The lowest BCUT2D eigenvalue weighted by atomic mass is 10.1. The van der Waals surface area contributed by atoms with Gasteiger partial charge in [-0.2, -0.15) is 0 Å². The van der Waals surface area contributed by atoms with E-state index < -0.39 is 12.1 Å². The van der Waals surface area contributed by atoms with Gasteiger partial charge in [0.2, 0.25) is 11.8 Å². The van der Waals surface area contributed by atoms with Gasteiger partial charge in [0.05, 0.1) is 12.1 Å². The second-order valence-corrected chi connectivity index (χ2v) is 6.54. The highest BCUT2D eigenvalue weighted by Gasteiger charge is 2.38. The number of carbonyl (C=O) groups excluding carboxylic acids is 3. The van der Waals surface area contributed by atoms with Gasteiger partial charge in [-0.15, -0.1) is 0 Å². The van der Waals surface area contributed by atoms with Gasteiger partial charge < -0.3 is 31.8 Å². The molecule has 3 atom stereocenters. The second-order valence-electron chi connectivity index (χ2n) is 6.54. The van der Waals surface area contributed by atoms with E-state index in [1.54, 1.807) is 4.90 Å². The molecule has 0 aromatic carbocycles. The molecule has 0 aromatic heterocycles. The lowest BCUT2D eigenvalue weighted by molar-refractivity contribution is -0.140. The van der Waals surface area contributed by atoms with Crippen LogP contribution in [0.1, 0.15) is 38.5 Å². The van der Waals surface area contributed by atoms with Gasteiger partial charge >= 0.3 is 0 Å². The summed E-state index contributed by atoms with van der Waals surface area (Å²) in [7, 11) is 0. The molecule has 0 bridgehead atoms. The van der Waals surface area contributed by atoms with E-state index in [1.807, 2.05) is 0 Å². The molecular formula is C16H28N6O3. The summed E-state index contributed by atoms with van der Waals surface area (Å²) in [5.74, 6) is -0.263. The number of guanidine groups is 1. The second kappa shape index (κ2) is 9.36. The smallest absolute Gasteiger partial charge is 0.243 e. The van der Waals surface area contributed by atoms with Crippen molar-refractivity contribution in [1.82, 2.24) is 15.5 Å². The molecule has 0 unspecified atom stereocenters. The van der Waals surface area contributed by atoms with Crippen molar-refractivity contribution in [2.45, 2.75) is 56.7 Å². The van der Waals surface area contributed by atoms with Gasteiger partial charge in [0.15, 0.2) is 5.96 Å². The van der Waals surface area contributed by atoms with Crippen molar-refractivity contribution in [3.8, 4) is 0 Å². The Bertz CT molecular complexity index is 514. The van der Waals surface area contributed by atoms with Crippen LogP contribution in [0.3, 0.4) is 0 Å². The van der Waals surface area contributed by atoms with Gasteiger partial charge in [-0.3, -0.25) is 14.6 Å². The molecule has 2 heterocycles. The van der Waals surface area contributed by atoms with E-state index in [4.69, 9.17) is 11.5 Å². The van der Waals surface area contributed by atoms with Crippen molar-refractivity contribution < 1.29 is 14.4 Å². The maximum atomic E-state index is 12.6. The molecule has 0 aliphatic carbocycles. The third kappa shape index (κ3) is 5.42. The number of rotatable bonds is 8. The zero-order chi connectivity index (χ0) is 18.2. The molecule has 140 valence electrons. The van der Waals surface area contributed by atoms with E-state index >= 15 is 0 Å². The van der Waals surface area contributed by atoms with Crippen molar-refractivity contribution in [2.24, 2.45) is 16.5 Å². The lowest BCUT2D eigenvalue weighted by Crippen LogP contribution is -2.52. The zero-order valence-electron chi connectivity index (χ0n) is 14.4. The van der Waals surface area contributed by atoms with Gasteiger partial charge in [-0.1, -0.05) is 0 Å². The minimum Gasteiger partial charge on any atom is -0.370 e. The number of hydrogen-bond donors (Lipinski definition) is 4. The molecular weight excluding hydrogens is 324 g/mol. The Morgan fingerprint density at radius 3 is 2.76 bits per heavy atom. The van der Waals surface area contributed by atoms with Gasteiger partial charge in [0.1, 0.15) is 12.3 Å². The predicted molar refractivity (Wildman–Crippen MR) is 93.7 cm³/mol. The van der Waals surface area contributed by atoms with E-state index in [9.17, 15) is 14.4 Å². The summed E-state index contributed by atoms with van der Waals surface area (Å²) in [5, 5.41) is 5.92. The molecule has 2 rings (SSSR count). The lowest BCUT2D eigenvalue weighted by Gasteiger charge is -2.27. The molecule has 2 saturated heterocycles. The normalized spacial score (nSPS) is 23.9. The summed E-state index contributed by atoms with van der Waals surface area (Å²) < 4.78 is 0. The minimum atomic E-state index is -0.594. The summed E-state index contributed by atoms with van der Waals surface area (Å²) in [6, 6.07) is -1.27. The zero-order valence-corrected chi connectivity index (χ0v) is 14.4. The Morgan fingerprint density at radius 1 is 1.32 bits per heavy atom. The van der Waals surface area contributed by atoms with E-state index in [0.29, 0.717) is 38.6 Å². The van der Waals surface area contributed by atoms with Crippen LogP contribution in [0.25, 0.3) is 0 Å². The van der Waals surface area contributed by atoms with Crippen molar-refractivity contribution in [3.05, 3.63) is 0 Å². The summed E-state index contributed by atoms with van der Waals surface area (Å²) >= 11 is 0. The number of nitrogens with two attached hydrogens (primary N) is 2. The third-order valence-corrected chi connectivity index (χ3v) is 4.66. The highest BCUT2D eigenvalue weighted by Crippen LogP contribution is 2.21. The van der Waals surface area contributed by atoms with E-state index in [1.165, 1.54) is 0 Å². The fourth-order valence-electron chi connectivity index (χ4n) is 3.37. The van der Waals surface area contributed by atoms with Gasteiger partial charge in [0.25, 0.3) is 0 Å². The number of aldehydes is 1. The molecule has 25 heavy (non-hydrogen) atoms. The Labute approximate surface area is 147 Å². The number of amides is 2. The Hall–Kier alpha value is -2.16. The quantitative estimate of drug-likeness (QED) is 0.181. The monoisotopic (exact) mass is 352 g/mol. The minimum absolute atomic E-state index is 0.00678. The predicted octanol–water partition coefficient (Wildman–Crippen LogP) is -1.53. The first-order valence-electron chi connectivity index (χ1n) is 8.88. The third-order valence-electron chi connectivity index (χ3n) is 4.66. The maximum Gasteiger partial charge on any atom is 0.243 e. The molecule has 0 spiro atoms. The summed E-state index contributed by atoms with van der Waals surface area (Å²) in [4.78, 5) is 41.8. The molecule has 2 aliphatic heterocycles. The number of aliphatic imine (C=N–C) groups is 1. The van der Waals surface area contributed by atoms with Crippen LogP contribution in [0, 0.1) is 0 Å². The molecule has 0 aromatic rings. The van der Waals surface area contributed by atoms with E-state index in [2.05, 4.69) is 15.6 Å². The number of nitrogens with zero attached hydrogens (tertiary/aromatic N) is 2. The number of hydrogen-bond acceptors (Lipinski definition) is 5. The molecule has 9 heteroatoms. The summed E-state index contributed by atoms with van der Waals surface area (Å²) in [6.45, 7) is 1.83. The molecule has 2 aliphatic rings. The fourth-order valence-corrected chi connectivity index (χ4v) is 3.37. The van der Waals surface area contributed by atoms with E-state index in [-0.39, 0.29) is 23.8 Å². The first-order valence-corrected chi connectivity index (χ1v) is 8.88. The molecule has 0 radical (unpaired) electrons. The van der Waals surface area contributed by atoms with Crippen molar-refractivity contribution in [3.63, 3.8) is 0 Å². The van der Waals surface area contributed by atoms with Crippen molar-refractivity contribution in [1.29, 1.82) is 0 Å². The molecule has 0 saturated carbocycles. The Morgan fingerprint density at radius 2 is 2.12 bits per heavy atom.